The van der Waals surface area contributed by atoms with E-state index in [4.69, 9.17) is 9.47 Å². The maximum Gasteiger partial charge on any atom is 0.222 e. The standard InChI is InChI=1S/C17H24N2O3/c20-17(12-16-2-1-9-22-16)18-13-14-3-5-15(6-4-14)19-7-10-21-11-8-19/h3-6,16H,1-2,7-13H2,(H,18,20)/t16-/m0/s1. The van der Waals surface area contributed by atoms with E-state index in [1.165, 1.54) is 5.69 Å². The van der Waals surface area contributed by atoms with E-state index < -0.39 is 0 Å². The highest BCUT2D eigenvalue weighted by molar-refractivity contribution is 5.76. The van der Waals surface area contributed by atoms with Crippen molar-refractivity contribution in [2.75, 3.05) is 37.8 Å². The molecule has 2 aliphatic heterocycles. The molecule has 0 aromatic heterocycles. The first-order valence-corrected chi connectivity index (χ1v) is 8.11. The van der Waals surface area contributed by atoms with Crippen molar-refractivity contribution in [3.63, 3.8) is 0 Å². The van der Waals surface area contributed by atoms with Crippen LogP contribution in [0.2, 0.25) is 0 Å². The molecule has 22 heavy (non-hydrogen) atoms. The summed E-state index contributed by atoms with van der Waals surface area (Å²) < 4.78 is 10.8. The Hall–Kier alpha value is -1.59. The molecule has 0 spiro atoms. The molecule has 3 rings (SSSR count). The number of nitrogens with one attached hydrogen (secondary N) is 1. The normalized spacial score (nSPS) is 21.8. The third-order valence-electron chi connectivity index (χ3n) is 4.24. The van der Waals surface area contributed by atoms with E-state index in [-0.39, 0.29) is 12.0 Å². The topological polar surface area (TPSA) is 50.8 Å². The fourth-order valence-corrected chi connectivity index (χ4v) is 2.93. The molecule has 5 nitrogen and oxygen atoms in total. The molecule has 0 saturated carbocycles. The van der Waals surface area contributed by atoms with Crippen molar-refractivity contribution in [1.29, 1.82) is 0 Å². The monoisotopic (exact) mass is 304 g/mol. The van der Waals surface area contributed by atoms with Crippen LogP contribution in [0.4, 0.5) is 5.69 Å². The van der Waals surface area contributed by atoms with Crippen LogP contribution in [0.25, 0.3) is 0 Å². The van der Waals surface area contributed by atoms with Crippen LogP contribution in [-0.2, 0) is 20.8 Å². The maximum atomic E-state index is 11.9. The second-order valence-corrected chi connectivity index (χ2v) is 5.88. The molecule has 2 fully saturated rings. The summed E-state index contributed by atoms with van der Waals surface area (Å²) in [4.78, 5) is 14.2. The zero-order chi connectivity index (χ0) is 15.2. The minimum Gasteiger partial charge on any atom is -0.378 e. The van der Waals surface area contributed by atoms with Gasteiger partial charge in [-0.2, -0.15) is 0 Å². The van der Waals surface area contributed by atoms with Crippen LogP contribution in [0.5, 0.6) is 0 Å². The minimum atomic E-state index is 0.0733. The number of ether oxygens (including phenoxy) is 2. The number of morpholine rings is 1. The van der Waals surface area contributed by atoms with Gasteiger partial charge in [-0.25, -0.2) is 0 Å². The lowest BCUT2D eigenvalue weighted by atomic mass is 10.1. The Bertz CT molecular complexity index is 477. The van der Waals surface area contributed by atoms with Crippen LogP contribution in [0.15, 0.2) is 24.3 Å². The van der Waals surface area contributed by atoms with E-state index in [9.17, 15) is 4.79 Å². The van der Waals surface area contributed by atoms with Crippen molar-refractivity contribution < 1.29 is 14.3 Å². The van der Waals surface area contributed by atoms with E-state index in [0.717, 1.165) is 51.3 Å². The van der Waals surface area contributed by atoms with Crippen LogP contribution in [0.3, 0.4) is 0 Å². The fourth-order valence-electron chi connectivity index (χ4n) is 2.93. The molecular weight excluding hydrogens is 280 g/mol. The van der Waals surface area contributed by atoms with E-state index in [0.29, 0.717) is 13.0 Å². The summed E-state index contributed by atoms with van der Waals surface area (Å²) in [6, 6.07) is 8.40. The number of carbonyl (C=O) groups is 1. The van der Waals surface area contributed by atoms with E-state index in [1.807, 2.05) is 0 Å². The summed E-state index contributed by atoms with van der Waals surface area (Å²) in [5.74, 6) is 0.0733. The second-order valence-electron chi connectivity index (χ2n) is 5.88. The molecular formula is C17H24N2O3. The first kappa shape index (κ1) is 15.3. The predicted molar refractivity (Wildman–Crippen MR) is 84.9 cm³/mol. The summed E-state index contributed by atoms with van der Waals surface area (Å²) in [6.45, 7) is 4.84. The molecule has 2 aliphatic rings. The number of rotatable bonds is 5. The number of benzene rings is 1. The van der Waals surface area contributed by atoms with Gasteiger partial charge in [0.15, 0.2) is 0 Å². The number of carbonyl (C=O) groups excluding carboxylic acids is 1. The lowest BCUT2D eigenvalue weighted by Crippen LogP contribution is -2.36. The number of nitrogens with zero attached hydrogens (tertiary/aromatic N) is 1. The number of anilines is 1. The van der Waals surface area contributed by atoms with Crippen molar-refractivity contribution in [2.45, 2.75) is 31.9 Å². The van der Waals surface area contributed by atoms with E-state index >= 15 is 0 Å². The van der Waals surface area contributed by atoms with E-state index in [2.05, 4.69) is 34.5 Å². The molecule has 0 radical (unpaired) electrons. The molecule has 1 N–H and O–H groups in total. The first-order valence-electron chi connectivity index (χ1n) is 8.11. The van der Waals surface area contributed by atoms with Crippen LogP contribution in [0.1, 0.15) is 24.8 Å². The van der Waals surface area contributed by atoms with Gasteiger partial charge < -0.3 is 19.7 Å². The quantitative estimate of drug-likeness (QED) is 0.900. The zero-order valence-electron chi connectivity index (χ0n) is 12.9. The summed E-state index contributed by atoms with van der Waals surface area (Å²) in [5, 5.41) is 2.97. The van der Waals surface area contributed by atoms with Crippen molar-refractivity contribution in [3.05, 3.63) is 29.8 Å². The Balaban J connectivity index is 1.45. The van der Waals surface area contributed by atoms with Gasteiger partial charge in [-0.3, -0.25) is 4.79 Å². The summed E-state index contributed by atoms with van der Waals surface area (Å²) in [7, 11) is 0. The minimum absolute atomic E-state index is 0.0733. The molecule has 2 saturated heterocycles. The Morgan fingerprint density at radius 1 is 1.18 bits per heavy atom. The van der Waals surface area contributed by atoms with Crippen molar-refractivity contribution >= 4 is 11.6 Å². The average molecular weight is 304 g/mol. The van der Waals surface area contributed by atoms with Gasteiger partial charge in [0.05, 0.1) is 25.7 Å². The highest BCUT2D eigenvalue weighted by atomic mass is 16.5. The summed E-state index contributed by atoms with van der Waals surface area (Å²) in [6.07, 6.45) is 2.66. The number of hydrogen-bond acceptors (Lipinski definition) is 4. The lowest BCUT2D eigenvalue weighted by molar-refractivity contribution is -0.123. The Morgan fingerprint density at radius 3 is 2.64 bits per heavy atom. The molecule has 5 heteroatoms. The Kier molecular flexibility index (Phi) is 5.29. The maximum absolute atomic E-state index is 11.9. The first-order chi connectivity index (χ1) is 10.8. The third kappa shape index (κ3) is 4.21. The van der Waals surface area contributed by atoms with Gasteiger partial charge in [0.1, 0.15) is 0 Å². The van der Waals surface area contributed by atoms with Crippen molar-refractivity contribution in [2.24, 2.45) is 0 Å². The van der Waals surface area contributed by atoms with Gasteiger partial charge >= 0.3 is 0 Å². The van der Waals surface area contributed by atoms with Gasteiger partial charge in [0, 0.05) is 31.9 Å². The summed E-state index contributed by atoms with van der Waals surface area (Å²) >= 11 is 0. The molecule has 1 amide bonds. The van der Waals surface area contributed by atoms with Gasteiger partial charge in [-0.15, -0.1) is 0 Å². The molecule has 1 aromatic rings. The molecule has 0 aliphatic carbocycles. The smallest absolute Gasteiger partial charge is 0.222 e. The largest absolute Gasteiger partial charge is 0.378 e. The van der Waals surface area contributed by atoms with Gasteiger partial charge in [0.25, 0.3) is 0 Å². The predicted octanol–water partition coefficient (Wildman–Crippen LogP) is 1.71. The molecule has 120 valence electrons. The highest BCUT2D eigenvalue weighted by Crippen LogP contribution is 2.17. The van der Waals surface area contributed by atoms with Crippen LogP contribution >= 0.6 is 0 Å². The lowest BCUT2D eigenvalue weighted by Gasteiger charge is -2.28. The van der Waals surface area contributed by atoms with Crippen LogP contribution in [0, 0.1) is 0 Å². The zero-order valence-corrected chi connectivity index (χ0v) is 12.9. The Morgan fingerprint density at radius 2 is 1.95 bits per heavy atom. The van der Waals surface area contributed by atoms with Gasteiger partial charge in [-0.1, -0.05) is 12.1 Å². The molecule has 2 heterocycles. The Labute approximate surface area is 131 Å². The van der Waals surface area contributed by atoms with Crippen LogP contribution in [-0.4, -0.2) is 44.9 Å². The fraction of sp³-hybridized carbons (Fsp3) is 0.588. The molecule has 0 bridgehead atoms. The van der Waals surface area contributed by atoms with Crippen LogP contribution < -0.4 is 10.2 Å². The highest BCUT2D eigenvalue weighted by Gasteiger charge is 2.18. The number of amides is 1. The average Bonchev–Trinajstić information content (AvgIpc) is 3.07. The van der Waals surface area contributed by atoms with Gasteiger partial charge in [0.2, 0.25) is 5.91 Å². The van der Waals surface area contributed by atoms with Crippen molar-refractivity contribution in [3.8, 4) is 0 Å². The second kappa shape index (κ2) is 7.61. The molecule has 0 unspecified atom stereocenters. The van der Waals surface area contributed by atoms with Gasteiger partial charge in [-0.05, 0) is 30.5 Å². The summed E-state index contributed by atoms with van der Waals surface area (Å²) in [5.41, 5.74) is 2.34. The molecule has 1 aromatic carbocycles. The number of hydrogen-bond donors (Lipinski definition) is 1. The SMILES string of the molecule is O=C(C[C@@H]1CCCO1)NCc1ccc(N2CCOCC2)cc1. The molecule has 1 atom stereocenters. The van der Waals surface area contributed by atoms with Crippen molar-refractivity contribution in [1.82, 2.24) is 5.32 Å². The van der Waals surface area contributed by atoms with E-state index in [1.54, 1.807) is 0 Å². The third-order valence-corrected chi connectivity index (χ3v) is 4.24.